The quantitative estimate of drug-likeness (QED) is 0.566. The van der Waals surface area contributed by atoms with E-state index in [0.717, 1.165) is 40.9 Å². The van der Waals surface area contributed by atoms with Crippen LogP contribution in [0.1, 0.15) is 6.92 Å². The summed E-state index contributed by atoms with van der Waals surface area (Å²) in [5, 5.41) is 8.17. The number of aromatic nitrogens is 4. The largest absolute Gasteiger partial charge is 0.381 e. The highest BCUT2D eigenvalue weighted by atomic mass is 32.2. The molecule has 0 aliphatic carbocycles. The Kier molecular flexibility index (Phi) is 3.21. The molecule has 0 bridgehead atoms. The summed E-state index contributed by atoms with van der Waals surface area (Å²) in [7, 11) is 0. The lowest BCUT2D eigenvalue weighted by Gasteiger charge is -1.99. The Balaban J connectivity index is 1.92. The molecular formula is C12H14N4OS. The van der Waals surface area contributed by atoms with Gasteiger partial charge in [-0.05, 0) is 19.1 Å². The molecule has 0 atom stereocenters. The monoisotopic (exact) mass is 262 g/mol. The summed E-state index contributed by atoms with van der Waals surface area (Å²) in [6.45, 7) is 3.49. The molecule has 3 rings (SSSR count). The van der Waals surface area contributed by atoms with E-state index in [-0.39, 0.29) is 0 Å². The standard InChI is InChI=1S/C12H14N4OS/c1-2-17-7-8-18-12-15-14-11-13-9-5-3-4-6-10(9)16(11)12/h3-6H,2,7-8H2,1H3,(H,13,14). The van der Waals surface area contributed by atoms with Crippen molar-refractivity contribution < 1.29 is 4.74 Å². The number of aromatic amines is 1. The fourth-order valence-electron chi connectivity index (χ4n) is 1.88. The Morgan fingerprint density at radius 3 is 3.17 bits per heavy atom. The smallest absolute Gasteiger partial charge is 0.231 e. The summed E-state index contributed by atoms with van der Waals surface area (Å²) in [6, 6.07) is 8.06. The van der Waals surface area contributed by atoms with Crippen LogP contribution in [0, 0.1) is 0 Å². The molecule has 0 radical (unpaired) electrons. The summed E-state index contributed by atoms with van der Waals surface area (Å²) in [4.78, 5) is 4.48. The molecule has 0 saturated heterocycles. The number of thioether (sulfide) groups is 1. The number of imidazole rings is 1. The van der Waals surface area contributed by atoms with E-state index in [1.54, 1.807) is 11.8 Å². The Bertz CT molecular complexity index is 660. The van der Waals surface area contributed by atoms with Gasteiger partial charge in [0.2, 0.25) is 5.78 Å². The average molecular weight is 262 g/mol. The van der Waals surface area contributed by atoms with Gasteiger partial charge in [0.25, 0.3) is 0 Å². The van der Waals surface area contributed by atoms with Gasteiger partial charge in [-0.25, -0.2) is 10.1 Å². The normalized spacial score (nSPS) is 11.6. The molecule has 5 nitrogen and oxygen atoms in total. The van der Waals surface area contributed by atoms with Crippen LogP contribution in [0.15, 0.2) is 29.4 Å². The van der Waals surface area contributed by atoms with Crippen molar-refractivity contribution in [1.82, 2.24) is 19.6 Å². The summed E-state index contributed by atoms with van der Waals surface area (Å²) >= 11 is 1.67. The maximum absolute atomic E-state index is 5.33. The molecule has 18 heavy (non-hydrogen) atoms. The van der Waals surface area contributed by atoms with Gasteiger partial charge in [-0.15, -0.1) is 5.10 Å². The van der Waals surface area contributed by atoms with Gasteiger partial charge in [0.1, 0.15) is 0 Å². The fourth-order valence-corrected chi connectivity index (χ4v) is 2.68. The van der Waals surface area contributed by atoms with Crippen LogP contribution < -0.4 is 0 Å². The lowest BCUT2D eigenvalue weighted by atomic mass is 10.3. The van der Waals surface area contributed by atoms with Crippen molar-refractivity contribution in [3.8, 4) is 0 Å². The minimum Gasteiger partial charge on any atom is -0.381 e. The van der Waals surface area contributed by atoms with Crippen LogP contribution in [0.5, 0.6) is 0 Å². The van der Waals surface area contributed by atoms with E-state index in [1.807, 2.05) is 29.5 Å². The van der Waals surface area contributed by atoms with Crippen LogP contribution in [0.2, 0.25) is 0 Å². The second-order valence-electron chi connectivity index (χ2n) is 3.81. The molecule has 2 aromatic heterocycles. The zero-order valence-electron chi connectivity index (χ0n) is 10.1. The highest BCUT2D eigenvalue weighted by Gasteiger charge is 2.11. The van der Waals surface area contributed by atoms with Gasteiger partial charge >= 0.3 is 0 Å². The number of hydrogen-bond donors (Lipinski definition) is 1. The summed E-state index contributed by atoms with van der Waals surface area (Å²) in [5.41, 5.74) is 2.07. The van der Waals surface area contributed by atoms with Crippen LogP contribution in [0.25, 0.3) is 16.8 Å². The van der Waals surface area contributed by atoms with E-state index < -0.39 is 0 Å². The average Bonchev–Trinajstić information content (AvgIpc) is 2.94. The third-order valence-corrected chi connectivity index (χ3v) is 3.57. The fraction of sp³-hybridized carbons (Fsp3) is 0.333. The van der Waals surface area contributed by atoms with E-state index in [0.29, 0.717) is 0 Å². The molecule has 2 heterocycles. The van der Waals surface area contributed by atoms with Gasteiger partial charge < -0.3 is 4.74 Å². The number of rotatable bonds is 5. The van der Waals surface area contributed by atoms with Gasteiger partial charge in [0.15, 0.2) is 5.16 Å². The molecule has 1 N–H and O–H groups in total. The summed E-state index contributed by atoms with van der Waals surface area (Å²) in [6.07, 6.45) is 0. The number of H-pyrrole nitrogens is 1. The number of fused-ring (bicyclic) bond motifs is 3. The predicted molar refractivity (Wildman–Crippen MR) is 72.1 cm³/mol. The zero-order chi connectivity index (χ0) is 12.4. The van der Waals surface area contributed by atoms with Crippen molar-refractivity contribution >= 4 is 28.6 Å². The lowest BCUT2D eigenvalue weighted by molar-refractivity contribution is 0.164. The summed E-state index contributed by atoms with van der Waals surface area (Å²) < 4.78 is 7.38. The molecule has 0 fully saturated rings. The first-order chi connectivity index (χ1) is 8.90. The third-order valence-electron chi connectivity index (χ3n) is 2.67. The van der Waals surface area contributed by atoms with Crippen LogP contribution in [0.4, 0.5) is 0 Å². The molecule has 1 aromatic carbocycles. The Hall–Kier alpha value is -1.53. The highest BCUT2D eigenvalue weighted by molar-refractivity contribution is 7.99. The maximum Gasteiger partial charge on any atom is 0.231 e. The lowest BCUT2D eigenvalue weighted by Crippen LogP contribution is -1.97. The topological polar surface area (TPSA) is 55.2 Å². The van der Waals surface area contributed by atoms with E-state index in [4.69, 9.17) is 4.74 Å². The first kappa shape index (κ1) is 11.6. The Morgan fingerprint density at radius 2 is 2.28 bits per heavy atom. The van der Waals surface area contributed by atoms with Crippen molar-refractivity contribution in [1.29, 1.82) is 0 Å². The van der Waals surface area contributed by atoms with Crippen molar-refractivity contribution in [3.63, 3.8) is 0 Å². The molecule has 6 heteroatoms. The van der Waals surface area contributed by atoms with E-state index in [2.05, 4.69) is 21.2 Å². The number of nitrogens with zero attached hydrogens (tertiary/aromatic N) is 3. The molecule has 0 unspecified atom stereocenters. The summed E-state index contributed by atoms with van der Waals surface area (Å²) in [5.74, 6) is 1.68. The van der Waals surface area contributed by atoms with Crippen LogP contribution in [0.3, 0.4) is 0 Å². The molecular weight excluding hydrogens is 248 g/mol. The van der Waals surface area contributed by atoms with Gasteiger partial charge in [0.05, 0.1) is 17.6 Å². The number of nitrogens with one attached hydrogen (secondary N) is 1. The van der Waals surface area contributed by atoms with Gasteiger partial charge in [-0.3, -0.25) is 4.40 Å². The number of hydrogen-bond acceptors (Lipinski definition) is 4. The predicted octanol–water partition coefficient (Wildman–Crippen LogP) is 2.34. The molecule has 3 aromatic rings. The van der Waals surface area contributed by atoms with Crippen LogP contribution in [-0.2, 0) is 4.74 Å². The molecule has 0 saturated carbocycles. The van der Waals surface area contributed by atoms with Crippen molar-refractivity contribution in [3.05, 3.63) is 24.3 Å². The minimum atomic E-state index is 0.738. The number of benzene rings is 1. The number of ether oxygens (including phenoxy) is 1. The van der Waals surface area contributed by atoms with E-state index in [1.165, 1.54) is 0 Å². The minimum absolute atomic E-state index is 0.738. The van der Waals surface area contributed by atoms with E-state index >= 15 is 0 Å². The Labute approximate surface area is 109 Å². The second-order valence-corrected chi connectivity index (χ2v) is 4.87. The van der Waals surface area contributed by atoms with Gasteiger partial charge in [0, 0.05) is 12.4 Å². The maximum atomic E-state index is 5.33. The Morgan fingerprint density at radius 1 is 1.39 bits per heavy atom. The highest BCUT2D eigenvalue weighted by Crippen LogP contribution is 2.22. The van der Waals surface area contributed by atoms with Crippen LogP contribution >= 0.6 is 11.8 Å². The SMILES string of the molecule is CCOCCSc1n[nH]c2nc3ccccc3n12. The molecule has 0 aliphatic rings. The molecule has 0 amide bonds. The molecule has 0 spiro atoms. The molecule has 0 aliphatic heterocycles. The second kappa shape index (κ2) is 4.99. The van der Waals surface area contributed by atoms with Crippen molar-refractivity contribution in [2.24, 2.45) is 0 Å². The van der Waals surface area contributed by atoms with E-state index in [9.17, 15) is 0 Å². The third kappa shape index (κ3) is 1.97. The first-order valence-corrected chi connectivity index (χ1v) is 6.91. The zero-order valence-corrected chi connectivity index (χ0v) is 10.9. The van der Waals surface area contributed by atoms with Crippen LogP contribution in [-0.4, -0.2) is 38.5 Å². The van der Waals surface area contributed by atoms with Gasteiger partial charge in [-0.2, -0.15) is 0 Å². The van der Waals surface area contributed by atoms with Crippen molar-refractivity contribution in [2.75, 3.05) is 19.0 Å². The van der Waals surface area contributed by atoms with Gasteiger partial charge in [-0.1, -0.05) is 23.9 Å². The van der Waals surface area contributed by atoms with Crippen molar-refractivity contribution in [2.45, 2.75) is 12.1 Å². The molecule has 94 valence electrons. The first-order valence-electron chi connectivity index (χ1n) is 5.92. The number of para-hydroxylation sites is 2.